The third kappa shape index (κ3) is 9.47. The third-order valence-corrected chi connectivity index (χ3v) is 8.29. The number of nitrogens with zero attached hydrogens (tertiary/aromatic N) is 3. The predicted molar refractivity (Wildman–Crippen MR) is 159 cm³/mol. The monoisotopic (exact) mass is 620 g/mol. The second-order valence-electron chi connectivity index (χ2n) is 10.6. The standard InChI is InChI=1S/C28H41N6O8P/c1-18(2)41-27(36)23(29)15-20-7-10-22(11-8-20)42-43(37,33-19(3)26(35)38-5)40-16-28(4,39-6)14-13-21-9-12-24-25(30)31-17-32-34(21)24/h7-12,17-19,23H,13-16,29H2,1-6H3,(H,33,37)(H2,30,31,32)/t19-,23-,28-,43?/m0/s1. The summed E-state index contributed by atoms with van der Waals surface area (Å²) in [4.78, 5) is 28.2. The average molecular weight is 621 g/mol. The number of esters is 2. The molecule has 0 radical (unpaired) electrons. The Hall–Kier alpha value is -3.55. The van der Waals surface area contributed by atoms with Gasteiger partial charge < -0.3 is 30.2 Å². The van der Waals surface area contributed by atoms with Crippen molar-refractivity contribution in [1.82, 2.24) is 19.7 Å². The van der Waals surface area contributed by atoms with Crippen LogP contribution in [0.3, 0.4) is 0 Å². The number of carbonyl (C=O) groups is 2. The summed E-state index contributed by atoms with van der Waals surface area (Å²) in [6, 6.07) is 8.39. The summed E-state index contributed by atoms with van der Waals surface area (Å²) in [5.74, 6) is -0.586. The Balaban J connectivity index is 1.72. The fraction of sp³-hybridized carbons (Fsp3) is 0.500. The number of carbonyl (C=O) groups excluding carboxylic acids is 2. The number of nitrogens with two attached hydrogens (primary N) is 2. The first kappa shape index (κ1) is 33.9. The number of hydrogen-bond donors (Lipinski definition) is 3. The number of ether oxygens (including phenoxy) is 3. The molecule has 0 aliphatic rings. The summed E-state index contributed by atoms with van der Waals surface area (Å²) in [7, 11) is -1.40. The van der Waals surface area contributed by atoms with Gasteiger partial charge in [0.1, 0.15) is 29.7 Å². The normalized spacial score (nSPS) is 15.8. The van der Waals surface area contributed by atoms with Crippen molar-refractivity contribution in [3.8, 4) is 5.75 Å². The van der Waals surface area contributed by atoms with Crippen LogP contribution in [0.2, 0.25) is 0 Å². The van der Waals surface area contributed by atoms with Crippen molar-refractivity contribution in [2.75, 3.05) is 26.6 Å². The smallest absolute Gasteiger partial charge is 0.459 e. The van der Waals surface area contributed by atoms with Gasteiger partial charge in [0.2, 0.25) is 0 Å². The Morgan fingerprint density at radius 1 is 1.09 bits per heavy atom. The number of hydrogen-bond acceptors (Lipinski definition) is 12. The first-order valence-corrected chi connectivity index (χ1v) is 15.3. The second kappa shape index (κ2) is 14.8. The summed E-state index contributed by atoms with van der Waals surface area (Å²) in [6.45, 7) is 6.64. The molecule has 0 aliphatic carbocycles. The van der Waals surface area contributed by atoms with E-state index in [-0.39, 0.29) is 24.9 Å². The molecule has 15 heteroatoms. The van der Waals surface area contributed by atoms with Gasteiger partial charge in [-0.3, -0.25) is 14.1 Å². The summed E-state index contributed by atoms with van der Waals surface area (Å²) < 4.78 is 43.0. The minimum Gasteiger partial charge on any atom is -0.468 e. The highest BCUT2D eigenvalue weighted by atomic mass is 31.2. The van der Waals surface area contributed by atoms with Gasteiger partial charge in [-0.05, 0) is 76.8 Å². The molecule has 1 aromatic carbocycles. The molecule has 5 N–H and O–H groups in total. The molecule has 0 saturated carbocycles. The van der Waals surface area contributed by atoms with Crippen LogP contribution in [0.1, 0.15) is 45.4 Å². The molecule has 0 bridgehead atoms. The highest BCUT2D eigenvalue weighted by Gasteiger charge is 2.36. The molecule has 4 atom stereocenters. The number of aryl methyl sites for hydroxylation is 1. The molecular weight excluding hydrogens is 579 g/mol. The van der Waals surface area contributed by atoms with Crippen molar-refractivity contribution in [1.29, 1.82) is 0 Å². The number of nitrogens with one attached hydrogen (secondary N) is 1. The summed E-state index contributed by atoms with van der Waals surface area (Å²) in [5.41, 5.74) is 13.3. The van der Waals surface area contributed by atoms with Crippen LogP contribution in [0.5, 0.6) is 5.75 Å². The second-order valence-corrected chi connectivity index (χ2v) is 12.3. The fourth-order valence-electron chi connectivity index (χ4n) is 4.08. The largest absolute Gasteiger partial charge is 0.468 e. The maximum absolute atomic E-state index is 13.9. The minimum atomic E-state index is -4.15. The van der Waals surface area contributed by atoms with Gasteiger partial charge in [0.15, 0.2) is 5.82 Å². The zero-order chi connectivity index (χ0) is 31.8. The number of fused-ring (bicyclic) bond motifs is 1. The van der Waals surface area contributed by atoms with E-state index < -0.39 is 37.4 Å². The van der Waals surface area contributed by atoms with Gasteiger partial charge in [0.05, 0.1) is 25.4 Å². The van der Waals surface area contributed by atoms with E-state index >= 15 is 0 Å². The molecule has 3 aromatic rings. The Labute approximate surface area is 250 Å². The van der Waals surface area contributed by atoms with Crippen LogP contribution in [0.15, 0.2) is 42.7 Å². The van der Waals surface area contributed by atoms with Crippen LogP contribution >= 0.6 is 7.75 Å². The molecule has 0 fully saturated rings. The van der Waals surface area contributed by atoms with E-state index in [1.54, 1.807) is 42.6 Å². The van der Waals surface area contributed by atoms with Gasteiger partial charge >= 0.3 is 19.7 Å². The summed E-state index contributed by atoms with van der Waals surface area (Å²) >= 11 is 0. The SMILES string of the molecule is COC(=O)[C@H](C)NP(=O)(OC[C@](C)(CCc1ccc2c(N)ncnn12)OC)Oc1ccc(C[C@H](N)C(=O)OC(C)C)cc1. The van der Waals surface area contributed by atoms with Crippen LogP contribution in [-0.2, 0) is 45.7 Å². The van der Waals surface area contributed by atoms with E-state index in [1.165, 1.54) is 27.5 Å². The van der Waals surface area contributed by atoms with Gasteiger partial charge in [-0.15, -0.1) is 0 Å². The molecule has 0 amide bonds. The number of methoxy groups -OCH3 is 2. The van der Waals surface area contributed by atoms with Gasteiger partial charge in [-0.25, -0.2) is 14.1 Å². The Bertz CT molecular complexity index is 1430. The lowest BCUT2D eigenvalue weighted by Crippen LogP contribution is -2.38. The van der Waals surface area contributed by atoms with Gasteiger partial charge in [0, 0.05) is 12.8 Å². The van der Waals surface area contributed by atoms with Crippen LogP contribution in [-0.4, -0.2) is 71.2 Å². The van der Waals surface area contributed by atoms with E-state index in [1.807, 2.05) is 19.1 Å². The Kier molecular flexibility index (Phi) is 11.7. The zero-order valence-electron chi connectivity index (χ0n) is 25.3. The molecule has 2 aromatic heterocycles. The first-order valence-electron chi connectivity index (χ1n) is 13.7. The van der Waals surface area contributed by atoms with Crippen molar-refractivity contribution < 1.29 is 37.4 Å². The number of nitrogen functional groups attached to an aromatic ring is 1. The molecular formula is C28H41N6O8P. The van der Waals surface area contributed by atoms with Crippen molar-refractivity contribution in [3.05, 3.63) is 54.0 Å². The average Bonchev–Trinajstić information content (AvgIpc) is 3.39. The van der Waals surface area contributed by atoms with Crippen LogP contribution in [0.25, 0.3) is 5.52 Å². The highest BCUT2D eigenvalue weighted by Crippen LogP contribution is 2.46. The Morgan fingerprint density at radius 3 is 2.42 bits per heavy atom. The van der Waals surface area contributed by atoms with Crippen molar-refractivity contribution >= 4 is 31.0 Å². The lowest BCUT2D eigenvalue weighted by molar-refractivity contribution is -0.149. The number of aromatic nitrogens is 3. The first-order chi connectivity index (χ1) is 20.3. The lowest BCUT2D eigenvalue weighted by Gasteiger charge is -2.30. The molecule has 236 valence electrons. The van der Waals surface area contributed by atoms with Crippen LogP contribution < -0.4 is 21.1 Å². The van der Waals surface area contributed by atoms with Crippen LogP contribution in [0.4, 0.5) is 5.82 Å². The fourth-order valence-corrected chi connectivity index (χ4v) is 5.68. The zero-order valence-corrected chi connectivity index (χ0v) is 26.2. The maximum Gasteiger partial charge on any atom is 0.459 e. The van der Waals surface area contributed by atoms with Gasteiger partial charge in [0.25, 0.3) is 0 Å². The van der Waals surface area contributed by atoms with Crippen LogP contribution in [0, 0.1) is 0 Å². The highest BCUT2D eigenvalue weighted by molar-refractivity contribution is 7.52. The Morgan fingerprint density at radius 2 is 1.79 bits per heavy atom. The van der Waals surface area contributed by atoms with Crippen molar-refractivity contribution in [2.45, 2.75) is 70.7 Å². The number of benzene rings is 1. The van der Waals surface area contributed by atoms with Gasteiger partial charge in [-0.1, -0.05) is 12.1 Å². The number of rotatable bonds is 16. The van der Waals surface area contributed by atoms with E-state index in [0.29, 0.717) is 24.2 Å². The molecule has 2 heterocycles. The maximum atomic E-state index is 13.9. The van der Waals surface area contributed by atoms with Crippen molar-refractivity contribution in [2.24, 2.45) is 5.73 Å². The predicted octanol–water partition coefficient (Wildman–Crippen LogP) is 2.83. The summed E-state index contributed by atoms with van der Waals surface area (Å²) in [6.07, 6.45) is 2.34. The topological polar surface area (TPSA) is 192 Å². The van der Waals surface area contributed by atoms with E-state index in [0.717, 1.165) is 11.3 Å². The van der Waals surface area contributed by atoms with E-state index in [9.17, 15) is 14.2 Å². The van der Waals surface area contributed by atoms with E-state index in [2.05, 4.69) is 15.2 Å². The lowest BCUT2D eigenvalue weighted by atomic mass is 10.00. The minimum absolute atomic E-state index is 0.146. The van der Waals surface area contributed by atoms with Gasteiger partial charge in [-0.2, -0.15) is 10.2 Å². The molecule has 0 aliphatic heterocycles. The molecule has 3 rings (SSSR count). The quantitative estimate of drug-likeness (QED) is 0.157. The summed E-state index contributed by atoms with van der Waals surface area (Å²) in [5, 5.41) is 6.90. The number of anilines is 1. The molecule has 0 saturated heterocycles. The van der Waals surface area contributed by atoms with Crippen molar-refractivity contribution in [3.63, 3.8) is 0 Å². The molecule has 1 unspecified atom stereocenters. The third-order valence-electron chi connectivity index (χ3n) is 6.67. The molecule has 14 nitrogen and oxygen atoms in total. The van der Waals surface area contributed by atoms with E-state index in [4.69, 9.17) is 34.7 Å². The molecule has 43 heavy (non-hydrogen) atoms. The molecule has 0 spiro atoms.